The molecular formula is C13H22N2O4. The highest BCUT2D eigenvalue weighted by molar-refractivity contribution is 5.86. The van der Waals surface area contributed by atoms with Crippen LogP contribution in [-0.4, -0.2) is 37.0 Å². The van der Waals surface area contributed by atoms with Crippen LogP contribution in [0.2, 0.25) is 0 Å². The lowest BCUT2D eigenvalue weighted by molar-refractivity contribution is -0.140. The normalized spacial score (nSPS) is 13.1. The summed E-state index contributed by atoms with van der Waals surface area (Å²) in [6.07, 6.45) is 0. The van der Waals surface area contributed by atoms with E-state index in [2.05, 4.69) is 17.2 Å². The van der Waals surface area contributed by atoms with Crippen molar-refractivity contribution in [2.75, 3.05) is 13.2 Å². The van der Waals surface area contributed by atoms with Gasteiger partial charge >= 0.3 is 5.97 Å². The second-order valence-corrected chi connectivity index (χ2v) is 4.57. The summed E-state index contributed by atoms with van der Waals surface area (Å²) in [7, 11) is 0. The summed E-state index contributed by atoms with van der Waals surface area (Å²) >= 11 is 0. The van der Waals surface area contributed by atoms with Crippen LogP contribution in [0.3, 0.4) is 0 Å². The Balaban J connectivity index is 4.47. The Morgan fingerprint density at radius 3 is 2.16 bits per heavy atom. The van der Waals surface area contributed by atoms with E-state index >= 15 is 0 Å². The van der Waals surface area contributed by atoms with Crippen LogP contribution in [0, 0.1) is 5.92 Å². The fourth-order valence-corrected chi connectivity index (χ4v) is 1.40. The Hall–Kier alpha value is -1.85. The number of carbonyl (C=O) groups excluding carboxylic acids is 3. The van der Waals surface area contributed by atoms with Crippen LogP contribution < -0.4 is 10.6 Å². The molecule has 6 heteroatoms. The Kier molecular flexibility index (Phi) is 7.48. The molecule has 0 aliphatic heterocycles. The zero-order valence-corrected chi connectivity index (χ0v) is 11.9. The van der Waals surface area contributed by atoms with Gasteiger partial charge in [0.1, 0.15) is 0 Å². The average Bonchev–Trinajstić information content (AvgIpc) is 2.26. The SMILES string of the molecule is C=C(C)C(=O)OCC(CNC(C)=O)C(C)NC(C)=O. The first-order chi connectivity index (χ1) is 8.73. The molecule has 6 nitrogen and oxygen atoms in total. The molecule has 0 aliphatic carbocycles. The molecule has 0 heterocycles. The van der Waals surface area contributed by atoms with Gasteiger partial charge in [-0.2, -0.15) is 0 Å². The van der Waals surface area contributed by atoms with E-state index in [-0.39, 0.29) is 30.4 Å². The van der Waals surface area contributed by atoms with Gasteiger partial charge in [0.15, 0.2) is 0 Å². The third-order valence-corrected chi connectivity index (χ3v) is 2.53. The third-order valence-electron chi connectivity index (χ3n) is 2.53. The van der Waals surface area contributed by atoms with E-state index in [1.54, 1.807) is 13.8 Å². The molecule has 0 radical (unpaired) electrons. The molecule has 0 fully saturated rings. The van der Waals surface area contributed by atoms with Crippen LogP contribution in [0.1, 0.15) is 27.7 Å². The van der Waals surface area contributed by atoms with Crippen LogP contribution in [-0.2, 0) is 19.1 Å². The zero-order chi connectivity index (χ0) is 15.0. The monoisotopic (exact) mass is 270 g/mol. The van der Waals surface area contributed by atoms with Gasteiger partial charge in [-0.15, -0.1) is 0 Å². The van der Waals surface area contributed by atoms with Crippen molar-refractivity contribution in [3.05, 3.63) is 12.2 Å². The summed E-state index contributed by atoms with van der Waals surface area (Å²) in [6, 6.07) is -0.220. The lowest BCUT2D eigenvalue weighted by Crippen LogP contribution is -2.44. The maximum Gasteiger partial charge on any atom is 0.333 e. The van der Waals surface area contributed by atoms with Crippen molar-refractivity contribution in [2.45, 2.75) is 33.7 Å². The maximum absolute atomic E-state index is 11.3. The van der Waals surface area contributed by atoms with E-state index < -0.39 is 5.97 Å². The summed E-state index contributed by atoms with van der Waals surface area (Å²) in [4.78, 5) is 33.3. The highest BCUT2D eigenvalue weighted by Gasteiger charge is 2.20. The summed E-state index contributed by atoms with van der Waals surface area (Å²) in [5, 5.41) is 5.36. The lowest BCUT2D eigenvalue weighted by atomic mass is 10.0. The smallest absolute Gasteiger partial charge is 0.333 e. The Morgan fingerprint density at radius 1 is 1.16 bits per heavy atom. The van der Waals surface area contributed by atoms with Crippen molar-refractivity contribution in [1.29, 1.82) is 0 Å². The first-order valence-corrected chi connectivity index (χ1v) is 6.08. The molecule has 0 bridgehead atoms. The molecule has 2 N–H and O–H groups in total. The van der Waals surface area contributed by atoms with Crippen molar-refractivity contribution in [2.24, 2.45) is 5.92 Å². The second kappa shape index (κ2) is 8.29. The average molecular weight is 270 g/mol. The van der Waals surface area contributed by atoms with Crippen LogP contribution in [0.4, 0.5) is 0 Å². The third kappa shape index (κ3) is 7.96. The molecule has 0 aromatic carbocycles. The highest BCUT2D eigenvalue weighted by Crippen LogP contribution is 2.05. The number of rotatable bonds is 7. The molecule has 0 rings (SSSR count). The topological polar surface area (TPSA) is 84.5 Å². The predicted molar refractivity (Wildman–Crippen MR) is 71.2 cm³/mol. The van der Waals surface area contributed by atoms with Gasteiger partial charge in [-0.3, -0.25) is 9.59 Å². The van der Waals surface area contributed by atoms with Crippen LogP contribution >= 0.6 is 0 Å². The minimum atomic E-state index is -0.483. The van der Waals surface area contributed by atoms with Crippen molar-refractivity contribution in [1.82, 2.24) is 10.6 Å². The van der Waals surface area contributed by atoms with Gasteiger partial charge in [0, 0.05) is 37.9 Å². The van der Waals surface area contributed by atoms with Crippen molar-refractivity contribution in [3.8, 4) is 0 Å². The van der Waals surface area contributed by atoms with Gasteiger partial charge < -0.3 is 15.4 Å². The second-order valence-electron chi connectivity index (χ2n) is 4.57. The van der Waals surface area contributed by atoms with E-state index in [4.69, 9.17) is 4.74 Å². The fourth-order valence-electron chi connectivity index (χ4n) is 1.40. The quantitative estimate of drug-likeness (QED) is 0.517. The fraction of sp³-hybridized carbons (Fsp3) is 0.615. The Morgan fingerprint density at radius 2 is 1.74 bits per heavy atom. The van der Waals surface area contributed by atoms with Crippen LogP contribution in [0.15, 0.2) is 12.2 Å². The van der Waals surface area contributed by atoms with Gasteiger partial charge in [0.2, 0.25) is 11.8 Å². The van der Waals surface area contributed by atoms with Crippen molar-refractivity contribution in [3.63, 3.8) is 0 Å². The predicted octanol–water partition coefficient (Wildman–Crippen LogP) is 0.383. The van der Waals surface area contributed by atoms with Crippen molar-refractivity contribution < 1.29 is 19.1 Å². The first kappa shape index (κ1) is 17.2. The first-order valence-electron chi connectivity index (χ1n) is 6.08. The van der Waals surface area contributed by atoms with Crippen LogP contribution in [0.5, 0.6) is 0 Å². The lowest BCUT2D eigenvalue weighted by Gasteiger charge is -2.24. The number of esters is 1. The molecule has 19 heavy (non-hydrogen) atoms. The summed E-state index contributed by atoms with van der Waals surface area (Å²) in [5.74, 6) is -1.03. The molecule has 108 valence electrons. The maximum atomic E-state index is 11.3. The van der Waals surface area contributed by atoms with E-state index in [1.807, 2.05) is 0 Å². The van der Waals surface area contributed by atoms with Gasteiger partial charge in [0.25, 0.3) is 0 Å². The van der Waals surface area contributed by atoms with Crippen LogP contribution in [0.25, 0.3) is 0 Å². The number of ether oxygens (including phenoxy) is 1. The zero-order valence-electron chi connectivity index (χ0n) is 11.9. The number of hydrogen-bond donors (Lipinski definition) is 2. The Bertz CT molecular complexity index is 366. The molecule has 2 amide bonds. The standard InChI is InChI=1S/C13H22N2O4/c1-8(2)13(18)19-7-12(6-14-10(4)16)9(3)15-11(5)17/h9,12H,1,6-7H2,2-5H3,(H,14,16)(H,15,17). The number of nitrogens with one attached hydrogen (secondary N) is 2. The molecule has 2 atom stereocenters. The number of hydrogen-bond acceptors (Lipinski definition) is 4. The van der Waals surface area contributed by atoms with Gasteiger partial charge in [0.05, 0.1) is 6.61 Å². The molecule has 0 aliphatic rings. The summed E-state index contributed by atoms with van der Waals surface area (Å²) < 4.78 is 5.06. The van der Waals surface area contributed by atoms with Gasteiger partial charge in [-0.05, 0) is 13.8 Å². The minimum Gasteiger partial charge on any atom is -0.462 e. The van der Waals surface area contributed by atoms with Crippen molar-refractivity contribution >= 4 is 17.8 Å². The summed E-state index contributed by atoms with van der Waals surface area (Å²) in [6.45, 7) is 10.1. The van der Waals surface area contributed by atoms with E-state index in [1.165, 1.54) is 13.8 Å². The molecule has 0 saturated carbocycles. The largest absolute Gasteiger partial charge is 0.462 e. The molecule has 0 aromatic rings. The number of carbonyl (C=O) groups is 3. The highest BCUT2D eigenvalue weighted by atomic mass is 16.5. The van der Waals surface area contributed by atoms with E-state index in [0.717, 1.165) is 0 Å². The molecule has 0 saturated heterocycles. The van der Waals surface area contributed by atoms with Gasteiger partial charge in [-0.25, -0.2) is 4.79 Å². The van der Waals surface area contributed by atoms with E-state index in [9.17, 15) is 14.4 Å². The summed E-state index contributed by atoms with van der Waals surface area (Å²) in [5.41, 5.74) is 0.311. The molecular weight excluding hydrogens is 248 g/mol. The van der Waals surface area contributed by atoms with Gasteiger partial charge in [-0.1, -0.05) is 6.58 Å². The number of amides is 2. The molecule has 0 aromatic heterocycles. The van der Waals surface area contributed by atoms with E-state index in [0.29, 0.717) is 12.1 Å². The minimum absolute atomic E-state index is 0.105. The Labute approximate surface area is 113 Å². The molecule has 0 spiro atoms. The molecule has 2 unspecified atom stereocenters.